The highest BCUT2D eigenvalue weighted by Crippen LogP contribution is 2.41. The van der Waals surface area contributed by atoms with Crippen molar-refractivity contribution in [3.63, 3.8) is 0 Å². The Morgan fingerprint density at radius 3 is 2.41 bits per heavy atom. The van der Waals surface area contributed by atoms with Crippen molar-refractivity contribution in [2.45, 2.75) is 39.8 Å². The molecule has 5 rings (SSSR count). The van der Waals surface area contributed by atoms with E-state index in [4.69, 9.17) is 4.74 Å². The van der Waals surface area contributed by atoms with Crippen molar-refractivity contribution < 1.29 is 9.53 Å². The van der Waals surface area contributed by atoms with Crippen molar-refractivity contribution >= 4 is 27.7 Å². The van der Waals surface area contributed by atoms with Gasteiger partial charge in [0.2, 0.25) is 0 Å². The second kappa shape index (κ2) is 11.3. The first-order valence-electron chi connectivity index (χ1n) is 13.4. The number of carbonyl (C=O) groups is 1. The fourth-order valence-corrected chi connectivity index (χ4v) is 5.30. The van der Waals surface area contributed by atoms with Crippen molar-refractivity contribution in [1.82, 2.24) is 25.2 Å². The molecule has 7 nitrogen and oxygen atoms in total. The largest absolute Gasteiger partial charge is 0.496 e. The summed E-state index contributed by atoms with van der Waals surface area (Å²) in [6.45, 7) is 10.1. The zero-order valence-corrected chi connectivity index (χ0v) is 23.2. The van der Waals surface area contributed by atoms with Gasteiger partial charge >= 0.3 is 0 Å². The number of fused-ring (bicyclic) bond motifs is 3. The summed E-state index contributed by atoms with van der Waals surface area (Å²) < 4.78 is 5.81. The number of H-pyrrole nitrogens is 1. The predicted molar refractivity (Wildman–Crippen MR) is 158 cm³/mol. The molecule has 0 unspecified atom stereocenters. The van der Waals surface area contributed by atoms with Gasteiger partial charge in [0, 0.05) is 70.5 Å². The van der Waals surface area contributed by atoms with Gasteiger partial charge in [0.1, 0.15) is 5.75 Å². The molecule has 200 valence electrons. The number of pyridine rings is 2. The van der Waals surface area contributed by atoms with Crippen LogP contribution in [0.4, 0.5) is 0 Å². The average molecular weight is 522 g/mol. The average Bonchev–Trinajstić information content (AvgIpc) is 3.32. The van der Waals surface area contributed by atoms with Crippen molar-refractivity contribution in [1.29, 1.82) is 0 Å². The highest BCUT2D eigenvalue weighted by Gasteiger charge is 2.18. The summed E-state index contributed by atoms with van der Waals surface area (Å²) in [6.07, 6.45) is 5.44. The molecular formula is C32H35N5O2. The van der Waals surface area contributed by atoms with Gasteiger partial charge in [0.25, 0.3) is 5.91 Å². The first-order chi connectivity index (χ1) is 18.9. The number of aromatic amines is 1. The number of ether oxygens (including phenoxy) is 1. The van der Waals surface area contributed by atoms with E-state index in [1.807, 2.05) is 60.9 Å². The molecule has 3 aromatic heterocycles. The number of hydrogen-bond donors (Lipinski definition) is 2. The highest BCUT2D eigenvalue weighted by molar-refractivity contribution is 6.16. The van der Waals surface area contributed by atoms with Crippen molar-refractivity contribution in [2.75, 3.05) is 20.2 Å². The molecular weight excluding hydrogens is 486 g/mol. The van der Waals surface area contributed by atoms with Gasteiger partial charge in [-0.25, -0.2) is 0 Å². The number of benzene rings is 2. The lowest BCUT2D eigenvalue weighted by atomic mass is 9.97. The summed E-state index contributed by atoms with van der Waals surface area (Å²) in [4.78, 5) is 27.6. The molecule has 0 saturated heterocycles. The second-order valence-corrected chi connectivity index (χ2v) is 10.3. The maximum atomic E-state index is 12.9. The molecule has 0 aliphatic heterocycles. The van der Waals surface area contributed by atoms with E-state index in [9.17, 15) is 4.79 Å². The molecule has 0 spiro atoms. The molecule has 0 saturated carbocycles. The van der Waals surface area contributed by atoms with E-state index in [0.717, 1.165) is 56.5 Å². The normalized spacial score (nSPS) is 11.7. The van der Waals surface area contributed by atoms with Crippen LogP contribution < -0.4 is 10.1 Å². The standard InChI is InChI=1S/C32H35N5O2/c1-20(2)37(21(3)4)16-15-34-32(38)23-10-8-22(9-11-23)30-29(39-5)13-12-26-31(30)25-17-27(35-19-28(25)36-26)24-7-6-14-33-18-24/h6-14,17-21,36H,15-16H2,1-5H3,(H,34,38). The van der Waals surface area contributed by atoms with Crippen molar-refractivity contribution in [3.05, 3.63) is 78.8 Å². The number of aromatic nitrogens is 3. The van der Waals surface area contributed by atoms with Crippen LogP contribution in [0.15, 0.2) is 73.2 Å². The highest BCUT2D eigenvalue weighted by atomic mass is 16.5. The molecule has 0 bridgehead atoms. The van der Waals surface area contributed by atoms with E-state index < -0.39 is 0 Å². The second-order valence-electron chi connectivity index (χ2n) is 10.3. The van der Waals surface area contributed by atoms with Crippen LogP contribution in [-0.2, 0) is 0 Å². The molecule has 0 aliphatic carbocycles. The monoisotopic (exact) mass is 521 g/mol. The summed E-state index contributed by atoms with van der Waals surface area (Å²) in [5.41, 5.74) is 6.32. The third-order valence-corrected chi connectivity index (χ3v) is 7.20. The minimum absolute atomic E-state index is 0.0709. The van der Waals surface area contributed by atoms with Crippen LogP contribution in [0.25, 0.3) is 44.2 Å². The molecule has 2 N–H and O–H groups in total. The topological polar surface area (TPSA) is 83.1 Å². The molecule has 0 atom stereocenters. The lowest BCUT2D eigenvalue weighted by molar-refractivity contribution is 0.0939. The smallest absolute Gasteiger partial charge is 0.251 e. The molecule has 0 radical (unpaired) electrons. The number of nitrogens with zero attached hydrogens (tertiary/aromatic N) is 3. The Labute approximate surface area is 229 Å². The minimum atomic E-state index is -0.0709. The van der Waals surface area contributed by atoms with Gasteiger partial charge in [-0.05, 0) is 75.7 Å². The van der Waals surface area contributed by atoms with Crippen LogP contribution in [0.1, 0.15) is 38.1 Å². The summed E-state index contributed by atoms with van der Waals surface area (Å²) in [5, 5.41) is 5.17. The number of nitrogens with one attached hydrogen (secondary N) is 2. The van der Waals surface area contributed by atoms with Gasteiger partial charge in [-0.2, -0.15) is 0 Å². The first kappa shape index (κ1) is 26.4. The quantitative estimate of drug-likeness (QED) is 0.238. The first-order valence-corrected chi connectivity index (χ1v) is 13.4. The zero-order chi connectivity index (χ0) is 27.5. The third kappa shape index (κ3) is 5.36. The predicted octanol–water partition coefficient (Wildman–Crippen LogP) is 6.30. The van der Waals surface area contributed by atoms with Gasteiger partial charge in [-0.3, -0.25) is 19.7 Å². The Morgan fingerprint density at radius 1 is 0.974 bits per heavy atom. The van der Waals surface area contributed by atoms with Crippen LogP contribution >= 0.6 is 0 Å². The number of hydrogen-bond acceptors (Lipinski definition) is 5. The van der Waals surface area contributed by atoms with Gasteiger partial charge < -0.3 is 15.0 Å². The molecule has 0 fully saturated rings. The summed E-state index contributed by atoms with van der Waals surface area (Å²) >= 11 is 0. The van der Waals surface area contributed by atoms with E-state index in [1.165, 1.54) is 0 Å². The Balaban J connectivity index is 1.47. The maximum absolute atomic E-state index is 12.9. The molecule has 7 heteroatoms. The fraction of sp³-hybridized carbons (Fsp3) is 0.281. The number of methoxy groups -OCH3 is 1. The molecule has 3 heterocycles. The van der Waals surface area contributed by atoms with E-state index in [2.05, 4.69) is 58.9 Å². The molecule has 39 heavy (non-hydrogen) atoms. The number of rotatable bonds is 9. The van der Waals surface area contributed by atoms with Crippen LogP contribution in [0.3, 0.4) is 0 Å². The van der Waals surface area contributed by atoms with Gasteiger partial charge in [0.15, 0.2) is 0 Å². The summed E-state index contributed by atoms with van der Waals surface area (Å²) in [7, 11) is 1.68. The van der Waals surface area contributed by atoms with E-state index in [0.29, 0.717) is 24.2 Å². The summed E-state index contributed by atoms with van der Waals surface area (Å²) in [6, 6.07) is 18.6. The lowest BCUT2D eigenvalue weighted by Gasteiger charge is -2.30. The third-order valence-electron chi connectivity index (χ3n) is 7.20. The van der Waals surface area contributed by atoms with E-state index in [1.54, 1.807) is 13.3 Å². The maximum Gasteiger partial charge on any atom is 0.251 e. The van der Waals surface area contributed by atoms with Gasteiger partial charge in [-0.1, -0.05) is 12.1 Å². The Morgan fingerprint density at radius 2 is 1.74 bits per heavy atom. The van der Waals surface area contributed by atoms with Crippen molar-refractivity contribution in [2.24, 2.45) is 0 Å². The fourth-order valence-electron chi connectivity index (χ4n) is 5.30. The lowest BCUT2D eigenvalue weighted by Crippen LogP contribution is -2.42. The van der Waals surface area contributed by atoms with Crippen LogP contribution in [0.5, 0.6) is 5.75 Å². The van der Waals surface area contributed by atoms with Gasteiger partial charge in [0.05, 0.1) is 24.5 Å². The van der Waals surface area contributed by atoms with E-state index >= 15 is 0 Å². The summed E-state index contributed by atoms with van der Waals surface area (Å²) in [5.74, 6) is 0.696. The Kier molecular flexibility index (Phi) is 7.61. The molecule has 1 amide bonds. The van der Waals surface area contributed by atoms with Crippen LogP contribution in [0, 0.1) is 0 Å². The van der Waals surface area contributed by atoms with Crippen LogP contribution in [-0.4, -0.2) is 58.0 Å². The molecule has 0 aliphatic rings. The van der Waals surface area contributed by atoms with Gasteiger partial charge in [-0.15, -0.1) is 0 Å². The minimum Gasteiger partial charge on any atom is -0.496 e. The Hall–Kier alpha value is -4.23. The zero-order valence-electron chi connectivity index (χ0n) is 23.2. The molecule has 2 aromatic carbocycles. The van der Waals surface area contributed by atoms with Crippen LogP contribution in [0.2, 0.25) is 0 Å². The SMILES string of the molecule is COc1ccc2[nH]c3cnc(-c4cccnc4)cc3c2c1-c1ccc(C(=O)NCCN(C(C)C)C(C)C)cc1. The number of amides is 1. The molecule has 5 aromatic rings. The van der Waals surface area contributed by atoms with Crippen molar-refractivity contribution in [3.8, 4) is 28.1 Å². The number of carbonyl (C=O) groups excluding carboxylic acids is 1. The van der Waals surface area contributed by atoms with E-state index in [-0.39, 0.29) is 5.91 Å². The Bertz CT molecular complexity index is 1580.